The number of carbonyl (C=O) groups is 2. The van der Waals surface area contributed by atoms with Crippen LogP contribution in [0, 0.1) is 0 Å². The third-order valence-corrected chi connectivity index (χ3v) is 3.75. The number of aromatic nitrogens is 2. The van der Waals surface area contributed by atoms with Crippen LogP contribution in [0.15, 0.2) is 65.3 Å². The average Bonchev–Trinajstić information content (AvgIpc) is 3.01. The summed E-state index contributed by atoms with van der Waals surface area (Å²) >= 11 is 3.31. The summed E-state index contributed by atoms with van der Waals surface area (Å²) in [4.78, 5) is 23.9. The van der Waals surface area contributed by atoms with Gasteiger partial charge in [-0.05, 0) is 48.5 Å². The van der Waals surface area contributed by atoms with Crippen LogP contribution in [0.2, 0.25) is 0 Å². The summed E-state index contributed by atoms with van der Waals surface area (Å²) in [6.07, 6.45) is 4.19. The third-order valence-electron chi connectivity index (χ3n) is 3.22. The van der Waals surface area contributed by atoms with E-state index in [1.807, 2.05) is 6.07 Å². The molecule has 1 heterocycles. The van der Waals surface area contributed by atoms with Gasteiger partial charge in [-0.15, -0.1) is 0 Å². The number of anilines is 1. The molecule has 0 saturated carbocycles. The summed E-state index contributed by atoms with van der Waals surface area (Å²) in [5.41, 5.74) is 1.99. The van der Waals surface area contributed by atoms with Crippen molar-refractivity contribution < 1.29 is 9.59 Å². The number of amides is 1. The Hall–Kier alpha value is -2.73. The van der Waals surface area contributed by atoms with Crippen LogP contribution >= 0.6 is 15.9 Å². The molecule has 0 bridgehead atoms. The van der Waals surface area contributed by atoms with Crippen molar-refractivity contribution in [2.24, 2.45) is 0 Å². The van der Waals surface area contributed by atoms with Crippen molar-refractivity contribution in [1.82, 2.24) is 10.2 Å². The maximum atomic E-state index is 12.0. The number of rotatable bonds is 4. The molecule has 0 aliphatic carbocycles. The van der Waals surface area contributed by atoms with Crippen molar-refractivity contribution in [3.63, 3.8) is 0 Å². The topological polar surface area (TPSA) is 74.8 Å². The highest BCUT2D eigenvalue weighted by Crippen LogP contribution is 2.16. The molecular weight excluding hydrogens is 358 g/mol. The van der Waals surface area contributed by atoms with Gasteiger partial charge < -0.3 is 5.32 Å². The highest BCUT2D eigenvalue weighted by Gasteiger charge is 2.04. The van der Waals surface area contributed by atoms with E-state index in [0.717, 1.165) is 15.4 Å². The predicted molar refractivity (Wildman–Crippen MR) is 92.3 cm³/mol. The molecule has 0 spiro atoms. The third kappa shape index (κ3) is 3.73. The monoisotopic (exact) mass is 369 g/mol. The minimum absolute atomic E-state index is 0.225. The molecule has 0 aliphatic heterocycles. The van der Waals surface area contributed by atoms with Crippen molar-refractivity contribution in [2.45, 2.75) is 0 Å². The van der Waals surface area contributed by atoms with Gasteiger partial charge >= 0.3 is 0 Å². The van der Waals surface area contributed by atoms with E-state index in [1.54, 1.807) is 42.6 Å². The van der Waals surface area contributed by atoms with E-state index in [9.17, 15) is 9.59 Å². The largest absolute Gasteiger partial charge is 0.322 e. The van der Waals surface area contributed by atoms with Gasteiger partial charge in [-0.1, -0.05) is 15.9 Å². The van der Waals surface area contributed by atoms with E-state index in [-0.39, 0.29) is 11.7 Å². The SMILES string of the molecule is O=C(/C=C/C(=O)c1ccc(Br)cc1)Nc1ccc2cn[nH]c2c1. The Kier molecular flexibility index (Phi) is 4.34. The molecule has 0 aliphatic rings. The molecule has 0 fully saturated rings. The number of allylic oxidation sites excluding steroid dienone is 1. The van der Waals surface area contributed by atoms with Crippen LogP contribution in [0.25, 0.3) is 10.9 Å². The highest BCUT2D eigenvalue weighted by atomic mass is 79.9. The molecule has 3 aromatic rings. The second-order valence-electron chi connectivity index (χ2n) is 4.87. The zero-order valence-corrected chi connectivity index (χ0v) is 13.5. The lowest BCUT2D eigenvalue weighted by Crippen LogP contribution is -2.08. The molecule has 1 amide bonds. The molecule has 2 aromatic carbocycles. The first kappa shape index (κ1) is 15.2. The average molecular weight is 370 g/mol. The molecule has 0 unspecified atom stereocenters. The van der Waals surface area contributed by atoms with Crippen LogP contribution in [-0.4, -0.2) is 21.9 Å². The minimum Gasteiger partial charge on any atom is -0.322 e. The Morgan fingerprint density at radius 1 is 1.09 bits per heavy atom. The zero-order valence-electron chi connectivity index (χ0n) is 11.9. The van der Waals surface area contributed by atoms with E-state index in [4.69, 9.17) is 0 Å². The molecule has 5 nitrogen and oxygen atoms in total. The van der Waals surface area contributed by atoms with Crippen LogP contribution in [0.3, 0.4) is 0 Å². The van der Waals surface area contributed by atoms with E-state index in [2.05, 4.69) is 31.4 Å². The maximum Gasteiger partial charge on any atom is 0.248 e. The van der Waals surface area contributed by atoms with Crippen LogP contribution in [0.1, 0.15) is 10.4 Å². The normalized spacial score (nSPS) is 11.0. The number of H-pyrrole nitrogens is 1. The molecule has 2 N–H and O–H groups in total. The van der Waals surface area contributed by atoms with Crippen LogP contribution in [0.5, 0.6) is 0 Å². The fourth-order valence-corrected chi connectivity index (χ4v) is 2.32. The summed E-state index contributed by atoms with van der Waals surface area (Å²) in [5.74, 6) is -0.592. The first-order valence-corrected chi connectivity index (χ1v) is 7.63. The van der Waals surface area contributed by atoms with Gasteiger partial charge in [-0.25, -0.2) is 0 Å². The van der Waals surface area contributed by atoms with Gasteiger partial charge in [0.05, 0.1) is 11.7 Å². The minimum atomic E-state index is -0.366. The van der Waals surface area contributed by atoms with E-state index < -0.39 is 0 Å². The van der Waals surface area contributed by atoms with Crippen LogP contribution in [0.4, 0.5) is 5.69 Å². The molecule has 1 aromatic heterocycles. The number of hydrogen-bond acceptors (Lipinski definition) is 3. The lowest BCUT2D eigenvalue weighted by atomic mass is 10.1. The van der Waals surface area contributed by atoms with Crippen molar-refractivity contribution in [1.29, 1.82) is 0 Å². The fourth-order valence-electron chi connectivity index (χ4n) is 2.06. The van der Waals surface area contributed by atoms with Gasteiger partial charge in [0.2, 0.25) is 5.91 Å². The molecule has 6 heteroatoms. The van der Waals surface area contributed by atoms with Gasteiger partial charge in [-0.2, -0.15) is 5.10 Å². The standard InChI is InChI=1S/C17H12BrN3O2/c18-13-4-1-11(2-5-13)16(22)7-8-17(23)20-14-6-3-12-10-19-21-15(12)9-14/h1-10H,(H,19,21)(H,20,23)/b8-7+. The quantitative estimate of drug-likeness (QED) is 0.543. The van der Waals surface area contributed by atoms with Crippen LogP contribution < -0.4 is 5.32 Å². The van der Waals surface area contributed by atoms with Gasteiger partial charge in [0.1, 0.15) is 0 Å². The van der Waals surface area contributed by atoms with Crippen molar-refractivity contribution in [3.8, 4) is 0 Å². The van der Waals surface area contributed by atoms with E-state index in [0.29, 0.717) is 11.3 Å². The molecular formula is C17H12BrN3O2. The molecule has 23 heavy (non-hydrogen) atoms. The number of hydrogen-bond donors (Lipinski definition) is 2. The van der Waals surface area contributed by atoms with Crippen molar-refractivity contribution >= 4 is 44.2 Å². The number of nitrogens with one attached hydrogen (secondary N) is 2. The Labute approximate surface area is 140 Å². The number of aromatic amines is 1. The predicted octanol–water partition coefficient (Wildman–Crippen LogP) is 3.70. The van der Waals surface area contributed by atoms with Gasteiger partial charge in [0.15, 0.2) is 5.78 Å². The number of ketones is 1. The second kappa shape index (κ2) is 6.58. The van der Waals surface area contributed by atoms with Gasteiger partial charge in [0.25, 0.3) is 0 Å². The maximum absolute atomic E-state index is 12.0. The highest BCUT2D eigenvalue weighted by molar-refractivity contribution is 9.10. The number of nitrogens with zero attached hydrogens (tertiary/aromatic N) is 1. The summed E-state index contributed by atoms with van der Waals surface area (Å²) in [5, 5.41) is 10.4. The zero-order chi connectivity index (χ0) is 16.2. The van der Waals surface area contributed by atoms with Crippen LogP contribution in [-0.2, 0) is 4.79 Å². The summed E-state index contributed by atoms with van der Waals surface area (Å²) in [6, 6.07) is 12.4. The van der Waals surface area contributed by atoms with E-state index in [1.165, 1.54) is 12.2 Å². The number of benzene rings is 2. The Bertz CT molecular complexity index is 898. The lowest BCUT2D eigenvalue weighted by molar-refractivity contribution is -0.111. The lowest BCUT2D eigenvalue weighted by Gasteiger charge is -2.01. The molecule has 114 valence electrons. The number of fused-ring (bicyclic) bond motifs is 1. The van der Waals surface area contributed by atoms with E-state index >= 15 is 0 Å². The fraction of sp³-hybridized carbons (Fsp3) is 0. The van der Waals surface area contributed by atoms with Gasteiger partial charge in [0, 0.05) is 27.2 Å². The Morgan fingerprint density at radius 3 is 2.65 bits per heavy atom. The molecule has 0 radical (unpaired) electrons. The first-order valence-electron chi connectivity index (χ1n) is 6.84. The van der Waals surface area contributed by atoms with Crippen molar-refractivity contribution in [2.75, 3.05) is 5.32 Å². The Balaban J connectivity index is 1.66. The van der Waals surface area contributed by atoms with Crippen molar-refractivity contribution in [3.05, 3.63) is 70.8 Å². The Morgan fingerprint density at radius 2 is 1.87 bits per heavy atom. The van der Waals surface area contributed by atoms with Gasteiger partial charge in [-0.3, -0.25) is 14.7 Å². The molecule has 0 saturated heterocycles. The number of carbonyl (C=O) groups excluding carboxylic acids is 2. The number of halogens is 1. The summed E-state index contributed by atoms with van der Waals surface area (Å²) in [6.45, 7) is 0. The molecule has 0 atom stereocenters. The molecule has 3 rings (SSSR count). The summed E-state index contributed by atoms with van der Waals surface area (Å²) < 4.78 is 0.893. The second-order valence-corrected chi connectivity index (χ2v) is 5.78. The first-order chi connectivity index (χ1) is 11.1. The summed E-state index contributed by atoms with van der Waals surface area (Å²) in [7, 11) is 0. The smallest absolute Gasteiger partial charge is 0.248 e.